The summed E-state index contributed by atoms with van der Waals surface area (Å²) in [7, 11) is 0. The van der Waals surface area contributed by atoms with Gasteiger partial charge in [0.1, 0.15) is 17.0 Å². The maximum Gasteiger partial charge on any atom is 0.315 e. The number of hydrogen-bond donors (Lipinski definition) is 1. The Morgan fingerprint density at radius 2 is 1.96 bits per heavy atom. The number of primary amides is 1. The van der Waals surface area contributed by atoms with Crippen molar-refractivity contribution in [3.05, 3.63) is 17.8 Å². The van der Waals surface area contributed by atoms with Crippen molar-refractivity contribution in [1.29, 1.82) is 0 Å². The fraction of sp³-hybridized carbons (Fsp3) is 0.611. The summed E-state index contributed by atoms with van der Waals surface area (Å²) in [6.07, 6.45) is 8.42. The zero-order chi connectivity index (χ0) is 17.2. The normalized spacial score (nSPS) is 23.0. The van der Waals surface area contributed by atoms with E-state index < -0.39 is 0 Å². The lowest BCUT2D eigenvalue weighted by Crippen LogP contribution is -2.49. The van der Waals surface area contributed by atoms with Gasteiger partial charge in [0.05, 0.1) is 5.39 Å². The van der Waals surface area contributed by atoms with Gasteiger partial charge in [-0.15, -0.1) is 11.3 Å². The molecule has 1 unspecified atom stereocenters. The van der Waals surface area contributed by atoms with Crippen LogP contribution in [0, 0.1) is 5.92 Å². The summed E-state index contributed by atoms with van der Waals surface area (Å²) in [6.45, 7) is 2.78. The van der Waals surface area contributed by atoms with Gasteiger partial charge < -0.3 is 15.5 Å². The quantitative estimate of drug-likeness (QED) is 0.893. The molecule has 6 nitrogen and oxygen atoms in total. The van der Waals surface area contributed by atoms with Crippen LogP contribution in [-0.4, -0.2) is 46.6 Å². The minimum absolute atomic E-state index is 0.245. The summed E-state index contributed by atoms with van der Waals surface area (Å²) >= 11 is 1.66. The molecular weight excluding hydrogens is 334 g/mol. The molecule has 2 saturated heterocycles. The van der Waals surface area contributed by atoms with E-state index in [9.17, 15) is 4.79 Å². The second kappa shape index (κ2) is 7.15. The van der Waals surface area contributed by atoms with Crippen molar-refractivity contribution in [3.63, 3.8) is 0 Å². The molecule has 0 bridgehead atoms. The highest BCUT2D eigenvalue weighted by atomic mass is 32.1. The molecule has 0 saturated carbocycles. The minimum Gasteiger partial charge on any atom is -0.356 e. The third-order valence-corrected chi connectivity index (χ3v) is 6.53. The Bertz CT molecular complexity index is 740. The summed E-state index contributed by atoms with van der Waals surface area (Å²) < 4.78 is 0. The van der Waals surface area contributed by atoms with Crippen LogP contribution in [0.5, 0.6) is 0 Å². The minimum atomic E-state index is -0.245. The molecule has 4 rings (SSSR count). The van der Waals surface area contributed by atoms with Crippen LogP contribution in [0.2, 0.25) is 0 Å². The van der Waals surface area contributed by atoms with Crippen LogP contribution in [0.1, 0.15) is 38.5 Å². The molecule has 4 heterocycles. The first-order valence-corrected chi connectivity index (χ1v) is 10.1. The van der Waals surface area contributed by atoms with Crippen molar-refractivity contribution in [1.82, 2.24) is 14.9 Å². The summed E-state index contributed by atoms with van der Waals surface area (Å²) in [5.74, 6) is 1.60. The molecule has 7 heteroatoms. The fourth-order valence-corrected chi connectivity index (χ4v) is 5.15. The van der Waals surface area contributed by atoms with Gasteiger partial charge in [0, 0.05) is 25.7 Å². The second-order valence-corrected chi connectivity index (χ2v) is 8.00. The van der Waals surface area contributed by atoms with Gasteiger partial charge in [0.15, 0.2) is 0 Å². The lowest BCUT2D eigenvalue weighted by atomic mass is 9.86. The predicted molar refractivity (Wildman–Crippen MR) is 101 cm³/mol. The maximum atomic E-state index is 11.9. The van der Waals surface area contributed by atoms with Crippen LogP contribution < -0.4 is 10.6 Å². The third kappa shape index (κ3) is 3.29. The number of hydrogen-bond acceptors (Lipinski definition) is 5. The third-order valence-electron chi connectivity index (χ3n) is 5.71. The number of amides is 2. The molecule has 25 heavy (non-hydrogen) atoms. The average Bonchev–Trinajstić information content (AvgIpc) is 2.97. The molecule has 134 valence electrons. The Labute approximate surface area is 152 Å². The molecule has 2 aromatic rings. The van der Waals surface area contributed by atoms with Crippen molar-refractivity contribution < 1.29 is 4.79 Å². The number of carbonyl (C=O) groups is 1. The number of carbonyl (C=O) groups excluding carboxylic acids is 1. The Morgan fingerprint density at radius 3 is 2.76 bits per heavy atom. The topological polar surface area (TPSA) is 75.4 Å². The SMILES string of the molecule is NC(=O)N1CCCCCC1C1CCN(c2ncnc3sccc23)CC1. The van der Waals surface area contributed by atoms with Gasteiger partial charge in [-0.2, -0.15) is 0 Å². The van der Waals surface area contributed by atoms with Gasteiger partial charge in [0.25, 0.3) is 0 Å². The van der Waals surface area contributed by atoms with E-state index >= 15 is 0 Å². The van der Waals surface area contributed by atoms with E-state index in [4.69, 9.17) is 5.73 Å². The highest BCUT2D eigenvalue weighted by Gasteiger charge is 2.33. The van der Waals surface area contributed by atoms with Crippen LogP contribution >= 0.6 is 11.3 Å². The second-order valence-electron chi connectivity index (χ2n) is 7.11. The summed E-state index contributed by atoms with van der Waals surface area (Å²) in [5, 5.41) is 3.23. The zero-order valence-corrected chi connectivity index (χ0v) is 15.2. The Hall–Kier alpha value is -1.89. The van der Waals surface area contributed by atoms with Crippen LogP contribution in [0.4, 0.5) is 10.6 Å². The number of nitrogens with two attached hydrogens (primary N) is 1. The van der Waals surface area contributed by atoms with Crippen molar-refractivity contribution in [2.45, 2.75) is 44.6 Å². The predicted octanol–water partition coefficient (Wildman–Crippen LogP) is 3.23. The Kier molecular flexibility index (Phi) is 4.74. The summed E-state index contributed by atoms with van der Waals surface area (Å²) in [5.41, 5.74) is 5.66. The van der Waals surface area contributed by atoms with E-state index in [1.165, 1.54) is 12.8 Å². The van der Waals surface area contributed by atoms with Crippen molar-refractivity contribution in [3.8, 4) is 0 Å². The fourth-order valence-electron chi connectivity index (χ4n) is 4.42. The maximum absolute atomic E-state index is 11.9. The number of nitrogens with zero attached hydrogens (tertiary/aromatic N) is 4. The molecule has 0 aliphatic carbocycles. The van der Waals surface area contributed by atoms with Crippen molar-refractivity contribution in [2.24, 2.45) is 11.7 Å². The first kappa shape index (κ1) is 16.6. The van der Waals surface area contributed by atoms with Crippen molar-refractivity contribution in [2.75, 3.05) is 24.5 Å². The number of urea groups is 1. The number of likely N-dealkylation sites (tertiary alicyclic amines) is 1. The van der Waals surface area contributed by atoms with E-state index in [1.807, 2.05) is 4.90 Å². The van der Waals surface area contributed by atoms with Crippen LogP contribution in [0.3, 0.4) is 0 Å². The lowest BCUT2D eigenvalue weighted by molar-refractivity contribution is 0.143. The summed E-state index contributed by atoms with van der Waals surface area (Å²) in [6, 6.07) is 2.18. The molecule has 0 radical (unpaired) electrons. The molecule has 0 aromatic carbocycles. The molecule has 2 fully saturated rings. The largest absolute Gasteiger partial charge is 0.356 e. The molecular formula is C18H25N5OS. The highest BCUT2D eigenvalue weighted by molar-refractivity contribution is 7.16. The van der Waals surface area contributed by atoms with Crippen LogP contribution in [0.15, 0.2) is 17.8 Å². The zero-order valence-electron chi connectivity index (χ0n) is 14.4. The van der Waals surface area contributed by atoms with E-state index in [1.54, 1.807) is 17.7 Å². The van der Waals surface area contributed by atoms with Crippen LogP contribution in [0.25, 0.3) is 10.2 Å². The molecule has 2 N–H and O–H groups in total. The first-order valence-electron chi connectivity index (χ1n) is 9.23. The lowest BCUT2D eigenvalue weighted by Gasteiger charge is -2.40. The number of piperidine rings is 1. The van der Waals surface area contributed by atoms with Gasteiger partial charge in [-0.3, -0.25) is 0 Å². The number of anilines is 1. The Morgan fingerprint density at radius 1 is 1.12 bits per heavy atom. The molecule has 1 atom stereocenters. The van der Waals surface area contributed by atoms with E-state index in [-0.39, 0.29) is 6.03 Å². The average molecular weight is 359 g/mol. The summed E-state index contributed by atoms with van der Waals surface area (Å²) in [4.78, 5) is 26.1. The van der Waals surface area contributed by atoms with E-state index in [2.05, 4.69) is 26.3 Å². The van der Waals surface area contributed by atoms with E-state index in [0.29, 0.717) is 12.0 Å². The molecule has 2 amide bonds. The molecule has 0 spiro atoms. The smallest absolute Gasteiger partial charge is 0.315 e. The van der Waals surface area contributed by atoms with Crippen molar-refractivity contribution >= 4 is 33.4 Å². The van der Waals surface area contributed by atoms with Gasteiger partial charge in [-0.1, -0.05) is 12.8 Å². The number of aromatic nitrogens is 2. The van der Waals surface area contributed by atoms with Gasteiger partial charge in [-0.25, -0.2) is 14.8 Å². The van der Waals surface area contributed by atoms with E-state index in [0.717, 1.165) is 61.4 Å². The molecule has 2 aliphatic rings. The van der Waals surface area contributed by atoms with Gasteiger partial charge in [0.2, 0.25) is 0 Å². The number of fused-ring (bicyclic) bond motifs is 1. The molecule has 2 aromatic heterocycles. The number of thiophene rings is 1. The van der Waals surface area contributed by atoms with Crippen LogP contribution in [-0.2, 0) is 0 Å². The molecule has 2 aliphatic heterocycles. The van der Waals surface area contributed by atoms with Gasteiger partial charge >= 0.3 is 6.03 Å². The first-order chi connectivity index (χ1) is 12.2. The standard InChI is InChI=1S/C18H25N5OS/c19-18(24)23-8-3-1-2-4-15(23)13-5-9-22(10-6-13)16-14-7-11-25-17(14)21-12-20-16/h7,11-13,15H,1-6,8-10H2,(H2,19,24). The Balaban J connectivity index is 1.47. The highest BCUT2D eigenvalue weighted by Crippen LogP contribution is 2.33. The monoisotopic (exact) mass is 359 g/mol. The number of rotatable bonds is 2. The van der Waals surface area contributed by atoms with Gasteiger partial charge in [-0.05, 0) is 43.0 Å².